The van der Waals surface area contributed by atoms with E-state index in [2.05, 4.69) is 15.6 Å². The molecule has 0 spiro atoms. The number of nitrogen functional groups attached to an aromatic ring is 1. The molecule has 0 bridgehead atoms. The number of nitrogens with two attached hydrogens (primary N) is 1. The Kier molecular flexibility index (Phi) is 2.59. The lowest BCUT2D eigenvalue weighted by Crippen LogP contribution is -2.37. The molecule has 0 aromatic heterocycles. The molecule has 4 N–H and O–H groups in total. The van der Waals surface area contributed by atoms with Crippen LogP contribution in [0, 0.1) is 5.82 Å². The number of hydrogen-bond donors (Lipinski definition) is 3. The van der Waals surface area contributed by atoms with Crippen LogP contribution in [0.25, 0.3) is 0 Å². The van der Waals surface area contributed by atoms with Gasteiger partial charge in [0.15, 0.2) is 11.6 Å². The van der Waals surface area contributed by atoms with Crippen molar-refractivity contribution in [2.24, 2.45) is 4.99 Å². The highest BCUT2D eigenvalue weighted by molar-refractivity contribution is 5.81. The Morgan fingerprint density at radius 3 is 3.00 bits per heavy atom. The van der Waals surface area contributed by atoms with E-state index in [1.165, 1.54) is 18.3 Å². The summed E-state index contributed by atoms with van der Waals surface area (Å²) in [6, 6.07) is 3.39. The van der Waals surface area contributed by atoms with Crippen LogP contribution in [0.5, 0.6) is 5.75 Å². The Labute approximate surface area is 108 Å². The minimum atomic E-state index is -0.558. The highest BCUT2D eigenvalue weighted by Gasteiger charge is 2.36. The fourth-order valence-electron chi connectivity index (χ4n) is 1.97. The summed E-state index contributed by atoms with van der Waals surface area (Å²) in [5, 5.41) is 5.27. The number of aliphatic imine (C=N–C) groups is 1. The minimum absolute atomic E-state index is 0.0515. The average Bonchev–Trinajstić information content (AvgIpc) is 2.74. The van der Waals surface area contributed by atoms with Gasteiger partial charge in [-0.05, 0) is 18.2 Å². The number of allylic oxidation sites excluding steroid dienone is 1. The Hall–Kier alpha value is -2.57. The summed E-state index contributed by atoms with van der Waals surface area (Å²) in [6.45, 7) is 0. The van der Waals surface area contributed by atoms with Gasteiger partial charge in [-0.1, -0.05) is 0 Å². The van der Waals surface area contributed by atoms with Crippen molar-refractivity contribution in [1.29, 1.82) is 0 Å². The number of benzene rings is 1. The van der Waals surface area contributed by atoms with E-state index >= 15 is 0 Å². The smallest absolute Gasteiger partial charge is 0.317 e. The van der Waals surface area contributed by atoms with Crippen molar-refractivity contribution in [3.63, 3.8) is 0 Å². The molecule has 6 nitrogen and oxygen atoms in total. The van der Waals surface area contributed by atoms with Crippen LogP contribution in [0.15, 0.2) is 35.0 Å². The van der Waals surface area contributed by atoms with Gasteiger partial charge in [-0.25, -0.2) is 9.18 Å². The molecule has 0 saturated carbocycles. The van der Waals surface area contributed by atoms with E-state index in [1.54, 1.807) is 12.1 Å². The molecule has 1 fully saturated rings. The Morgan fingerprint density at radius 1 is 1.37 bits per heavy atom. The summed E-state index contributed by atoms with van der Waals surface area (Å²) < 4.78 is 19.1. The van der Waals surface area contributed by atoms with Crippen LogP contribution < -0.4 is 21.1 Å². The van der Waals surface area contributed by atoms with E-state index < -0.39 is 18.0 Å². The summed E-state index contributed by atoms with van der Waals surface area (Å²) in [6.07, 6.45) is 2.67. The van der Waals surface area contributed by atoms with Gasteiger partial charge in [-0.2, -0.15) is 0 Å². The molecule has 1 aromatic rings. The van der Waals surface area contributed by atoms with Crippen molar-refractivity contribution < 1.29 is 13.9 Å². The predicted molar refractivity (Wildman–Crippen MR) is 67.3 cm³/mol. The second-order valence-corrected chi connectivity index (χ2v) is 4.20. The Morgan fingerprint density at radius 2 is 2.21 bits per heavy atom. The van der Waals surface area contributed by atoms with Crippen LogP contribution in [-0.2, 0) is 0 Å². The molecule has 2 unspecified atom stereocenters. The van der Waals surface area contributed by atoms with Gasteiger partial charge in [-0.15, -0.1) is 0 Å². The van der Waals surface area contributed by atoms with Gasteiger partial charge in [-0.3, -0.25) is 4.99 Å². The SMILES string of the molecule is Nc1ccc(OC2=CC=NC3NC(=O)NC23)c(F)c1. The number of carbonyl (C=O) groups excluding carboxylic acids is 1. The zero-order chi connectivity index (χ0) is 13.4. The lowest BCUT2D eigenvalue weighted by atomic mass is 10.1. The van der Waals surface area contributed by atoms with Gasteiger partial charge in [0.05, 0.1) is 0 Å². The molecule has 2 amide bonds. The zero-order valence-electron chi connectivity index (χ0n) is 9.76. The van der Waals surface area contributed by atoms with Crippen molar-refractivity contribution in [3.05, 3.63) is 35.9 Å². The number of fused-ring (bicyclic) bond motifs is 1. The van der Waals surface area contributed by atoms with Crippen molar-refractivity contribution in [2.75, 3.05) is 5.73 Å². The number of carbonyl (C=O) groups is 1. The van der Waals surface area contributed by atoms with Gasteiger partial charge in [0.2, 0.25) is 0 Å². The maximum Gasteiger partial charge on any atom is 0.317 e. The molecule has 2 aliphatic rings. The number of halogens is 1. The molecule has 19 heavy (non-hydrogen) atoms. The fourth-order valence-corrected chi connectivity index (χ4v) is 1.97. The molecule has 0 aliphatic carbocycles. The molecule has 0 radical (unpaired) electrons. The van der Waals surface area contributed by atoms with E-state index in [0.29, 0.717) is 11.4 Å². The van der Waals surface area contributed by atoms with Gasteiger partial charge in [0.1, 0.15) is 18.0 Å². The average molecular weight is 262 g/mol. The first-order chi connectivity index (χ1) is 9.13. The van der Waals surface area contributed by atoms with Crippen LogP contribution in [0.1, 0.15) is 0 Å². The Balaban J connectivity index is 1.84. The first-order valence-electron chi connectivity index (χ1n) is 5.67. The van der Waals surface area contributed by atoms with Crippen molar-refractivity contribution in [2.45, 2.75) is 12.2 Å². The third-order valence-electron chi connectivity index (χ3n) is 2.86. The third-order valence-corrected chi connectivity index (χ3v) is 2.86. The second-order valence-electron chi connectivity index (χ2n) is 4.20. The van der Waals surface area contributed by atoms with Gasteiger partial charge < -0.3 is 21.1 Å². The van der Waals surface area contributed by atoms with E-state index in [1.807, 2.05) is 0 Å². The number of nitrogens with one attached hydrogen (secondary N) is 2. The van der Waals surface area contributed by atoms with Crippen LogP contribution in [0.4, 0.5) is 14.9 Å². The number of hydrogen-bond acceptors (Lipinski definition) is 4. The van der Waals surface area contributed by atoms with Gasteiger partial charge in [0, 0.05) is 18.0 Å². The van der Waals surface area contributed by atoms with Crippen LogP contribution in [-0.4, -0.2) is 24.5 Å². The highest BCUT2D eigenvalue weighted by Crippen LogP contribution is 2.25. The number of ether oxygens (including phenoxy) is 1. The molecule has 2 aliphatic heterocycles. The maximum absolute atomic E-state index is 13.7. The lowest BCUT2D eigenvalue weighted by Gasteiger charge is -2.21. The van der Waals surface area contributed by atoms with Gasteiger partial charge >= 0.3 is 6.03 Å². The predicted octanol–water partition coefficient (Wildman–Crippen LogP) is 0.763. The highest BCUT2D eigenvalue weighted by atomic mass is 19.1. The number of anilines is 1. The summed E-state index contributed by atoms with van der Waals surface area (Å²) in [5.74, 6) is -0.0880. The minimum Gasteiger partial charge on any atom is -0.456 e. The van der Waals surface area contributed by atoms with Crippen molar-refractivity contribution in [1.82, 2.24) is 10.6 Å². The first kappa shape index (κ1) is 11.5. The number of urea groups is 1. The number of dihydropyridines is 1. The standard InChI is InChI=1S/C12H11FN4O2/c13-7-5-6(14)1-2-8(7)19-9-3-4-15-11-10(9)16-12(18)17-11/h1-5,10-11H,14H2,(H2,16,17,18). The van der Waals surface area contributed by atoms with E-state index in [0.717, 1.165) is 0 Å². The molecule has 1 aromatic carbocycles. The van der Waals surface area contributed by atoms with Crippen LogP contribution >= 0.6 is 0 Å². The molecule has 1 saturated heterocycles. The topological polar surface area (TPSA) is 88.7 Å². The molecule has 2 heterocycles. The third kappa shape index (κ3) is 2.10. The number of amides is 2. The molecule has 3 rings (SSSR count). The molecule has 7 heteroatoms. The molecular formula is C12H11FN4O2. The summed E-state index contributed by atoms with van der Waals surface area (Å²) in [7, 11) is 0. The fraction of sp³-hybridized carbons (Fsp3) is 0.167. The van der Waals surface area contributed by atoms with Crippen molar-refractivity contribution in [3.8, 4) is 5.75 Å². The van der Waals surface area contributed by atoms with Crippen molar-refractivity contribution >= 4 is 17.9 Å². The maximum atomic E-state index is 13.7. The van der Waals surface area contributed by atoms with E-state index in [4.69, 9.17) is 10.5 Å². The molecule has 2 atom stereocenters. The Bertz CT molecular complexity index is 599. The van der Waals surface area contributed by atoms with E-state index in [9.17, 15) is 9.18 Å². The monoisotopic (exact) mass is 262 g/mol. The summed E-state index contributed by atoms with van der Waals surface area (Å²) in [5.41, 5.74) is 5.78. The quantitative estimate of drug-likeness (QED) is 0.687. The molecular weight excluding hydrogens is 251 g/mol. The second kappa shape index (κ2) is 4.27. The van der Waals surface area contributed by atoms with Gasteiger partial charge in [0.25, 0.3) is 0 Å². The first-order valence-corrected chi connectivity index (χ1v) is 5.67. The van der Waals surface area contributed by atoms with Crippen LogP contribution in [0.3, 0.4) is 0 Å². The summed E-state index contributed by atoms with van der Waals surface area (Å²) >= 11 is 0. The molecule has 98 valence electrons. The number of nitrogens with zero attached hydrogens (tertiary/aromatic N) is 1. The lowest BCUT2D eigenvalue weighted by molar-refractivity contribution is 0.246. The normalized spacial score (nSPS) is 24.3. The summed E-state index contributed by atoms with van der Waals surface area (Å²) in [4.78, 5) is 15.3. The number of rotatable bonds is 2. The zero-order valence-corrected chi connectivity index (χ0v) is 9.76. The van der Waals surface area contributed by atoms with E-state index in [-0.39, 0.29) is 11.8 Å². The van der Waals surface area contributed by atoms with Crippen LogP contribution in [0.2, 0.25) is 0 Å². The largest absolute Gasteiger partial charge is 0.456 e.